The highest BCUT2D eigenvalue weighted by Gasteiger charge is 2.28. The topological polar surface area (TPSA) is 95.6 Å². The SMILES string of the molecule is CCc1ccc(NC(=O)C(=O)Nc2cc(N3CCCS3(=O)=O)ccc2C)cc1. The van der Waals surface area contributed by atoms with Gasteiger partial charge in [0.2, 0.25) is 10.0 Å². The third kappa shape index (κ3) is 4.33. The zero-order valence-corrected chi connectivity index (χ0v) is 16.7. The van der Waals surface area contributed by atoms with Crippen molar-refractivity contribution in [3.8, 4) is 0 Å². The maximum atomic E-state index is 12.3. The van der Waals surface area contributed by atoms with Crippen LogP contribution in [0.15, 0.2) is 42.5 Å². The van der Waals surface area contributed by atoms with Crippen LogP contribution in [-0.4, -0.2) is 32.5 Å². The number of hydrogen-bond donors (Lipinski definition) is 2. The van der Waals surface area contributed by atoms with Crippen molar-refractivity contribution >= 4 is 38.9 Å². The number of benzene rings is 2. The summed E-state index contributed by atoms with van der Waals surface area (Å²) in [5, 5.41) is 5.13. The van der Waals surface area contributed by atoms with Gasteiger partial charge in [-0.15, -0.1) is 0 Å². The van der Waals surface area contributed by atoms with Gasteiger partial charge in [0, 0.05) is 17.9 Å². The second kappa shape index (κ2) is 8.02. The minimum absolute atomic E-state index is 0.113. The quantitative estimate of drug-likeness (QED) is 0.770. The minimum atomic E-state index is -3.32. The van der Waals surface area contributed by atoms with E-state index in [1.54, 1.807) is 37.3 Å². The highest BCUT2D eigenvalue weighted by atomic mass is 32.2. The van der Waals surface area contributed by atoms with Crippen LogP contribution in [0.1, 0.15) is 24.5 Å². The maximum Gasteiger partial charge on any atom is 0.314 e. The monoisotopic (exact) mass is 401 g/mol. The van der Waals surface area contributed by atoms with E-state index < -0.39 is 21.8 Å². The molecule has 1 saturated heterocycles. The molecule has 2 N–H and O–H groups in total. The molecule has 0 radical (unpaired) electrons. The van der Waals surface area contributed by atoms with E-state index in [4.69, 9.17) is 0 Å². The lowest BCUT2D eigenvalue weighted by Crippen LogP contribution is -2.29. The molecule has 1 fully saturated rings. The zero-order chi connectivity index (χ0) is 20.3. The number of nitrogens with zero attached hydrogens (tertiary/aromatic N) is 1. The minimum Gasteiger partial charge on any atom is -0.318 e. The molecule has 28 heavy (non-hydrogen) atoms. The van der Waals surface area contributed by atoms with Gasteiger partial charge in [-0.05, 0) is 55.2 Å². The first-order valence-corrected chi connectivity index (χ1v) is 10.7. The Bertz CT molecular complexity index is 1000. The summed E-state index contributed by atoms with van der Waals surface area (Å²) in [7, 11) is -3.32. The van der Waals surface area contributed by atoms with Crippen LogP contribution in [0.4, 0.5) is 17.1 Å². The van der Waals surface area contributed by atoms with Crippen LogP contribution in [0.25, 0.3) is 0 Å². The van der Waals surface area contributed by atoms with E-state index in [-0.39, 0.29) is 5.75 Å². The average Bonchev–Trinajstić information content (AvgIpc) is 3.03. The van der Waals surface area contributed by atoms with Crippen LogP contribution in [-0.2, 0) is 26.0 Å². The zero-order valence-electron chi connectivity index (χ0n) is 15.9. The Labute approximate surface area is 164 Å². The normalized spacial score (nSPS) is 15.3. The molecule has 8 heteroatoms. The summed E-state index contributed by atoms with van der Waals surface area (Å²) in [6, 6.07) is 12.3. The number of carbonyl (C=O) groups excluding carboxylic acids is 2. The van der Waals surface area contributed by atoms with E-state index in [9.17, 15) is 18.0 Å². The number of amides is 2. The predicted octanol–water partition coefficient (Wildman–Crippen LogP) is 2.67. The molecule has 0 saturated carbocycles. The summed E-state index contributed by atoms with van der Waals surface area (Å²) >= 11 is 0. The Morgan fingerprint density at radius 2 is 1.71 bits per heavy atom. The third-order valence-corrected chi connectivity index (χ3v) is 6.55. The number of carbonyl (C=O) groups is 2. The van der Waals surface area contributed by atoms with E-state index in [1.807, 2.05) is 19.1 Å². The van der Waals surface area contributed by atoms with Crippen LogP contribution in [0.5, 0.6) is 0 Å². The summed E-state index contributed by atoms with van der Waals surface area (Å²) < 4.78 is 25.6. The molecule has 7 nitrogen and oxygen atoms in total. The van der Waals surface area contributed by atoms with Crippen molar-refractivity contribution in [2.75, 3.05) is 27.2 Å². The second-order valence-corrected chi connectivity index (χ2v) is 8.71. The Morgan fingerprint density at radius 3 is 2.32 bits per heavy atom. The van der Waals surface area contributed by atoms with Gasteiger partial charge in [-0.3, -0.25) is 13.9 Å². The Balaban J connectivity index is 1.72. The molecule has 0 spiro atoms. The lowest BCUT2D eigenvalue weighted by molar-refractivity contribution is -0.133. The van der Waals surface area contributed by atoms with E-state index >= 15 is 0 Å². The first kappa shape index (κ1) is 19.9. The summed E-state index contributed by atoms with van der Waals surface area (Å²) in [5.74, 6) is -1.49. The van der Waals surface area contributed by atoms with Crippen molar-refractivity contribution in [3.63, 3.8) is 0 Å². The van der Waals surface area contributed by atoms with Crippen molar-refractivity contribution < 1.29 is 18.0 Å². The highest BCUT2D eigenvalue weighted by molar-refractivity contribution is 7.93. The first-order chi connectivity index (χ1) is 13.3. The van der Waals surface area contributed by atoms with Crippen LogP contribution >= 0.6 is 0 Å². The smallest absolute Gasteiger partial charge is 0.314 e. The van der Waals surface area contributed by atoms with Gasteiger partial charge in [-0.1, -0.05) is 25.1 Å². The van der Waals surface area contributed by atoms with Gasteiger partial charge in [-0.2, -0.15) is 0 Å². The number of anilines is 3. The molecule has 0 unspecified atom stereocenters. The first-order valence-electron chi connectivity index (χ1n) is 9.12. The van der Waals surface area contributed by atoms with Gasteiger partial charge >= 0.3 is 11.8 Å². The molecular weight excluding hydrogens is 378 g/mol. The molecule has 1 aliphatic rings. The van der Waals surface area contributed by atoms with Gasteiger partial charge in [0.15, 0.2) is 0 Å². The Morgan fingerprint density at radius 1 is 1.04 bits per heavy atom. The molecule has 3 rings (SSSR count). The van der Waals surface area contributed by atoms with Crippen LogP contribution in [0.2, 0.25) is 0 Å². The Kier molecular flexibility index (Phi) is 5.69. The fraction of sp³-hybridized carbons (Fsp3) is 0.300. The van der Waals surface area contributed by atoms with Gasteiger partial charge in [-0.25, -0.2) is 8.42 Å². The number of rotatable bonds is 4. The highest BCUT2D eigenvalue weighted by Crippen LogP contribution is 2.28. The van der Waals surface area contributed by atoms with Gasteiger partial charge < -0.3 is 10.6 Å². The summed E-state index contributed by atoms with van der Waals surface area (Å²) in [4.78, 5) is 24.5. The summed E-state index contributed by atoms with van der Waals surface area (Å²) in [5.41, 5.74) is 3.28. The van der Waals surface area contributed by atoms with E-state index in [2.05, 4.69) is 10.6 Å². The third-order valence-electron chi connectivity index (χ3n) is 4.68. The number of nitrogens with one attached hydrogen (secondary N) is 2. The van der Waals surface area contributed by atoms with Crippen LogP contribution in [0.3, 0.4) is 0 Å². The molecule has 2 aromatic rings. The fourth-order valence-corrected chi connectivity index (χ4v) is 4.58. The van der Waals surface area contributed by atoms with E-state index in [0.717, 1.165) is 17.5 Å². The van der Waals surface area contributed by atoms with Crippen molar-refractivity contribution in [1.29, 1.82) is 0 Å². The number of sulfonamides is 1. The van der Waals surface area contributed by atoms with Crippen molar-refractivity contribution in [3.05, 3.63) is 53.6 Å². The molecule has 2 amide bonds. The largest absolute Gasteiger partial charge is 0.318 e. The molecule has 1 aliphatic heterocycles. The lowest BCUT2D eigenvalue weighted by atomic mass is 10.1. The molecular formula is C20H23N3O4S. The maximum absolute atomic E-state index is 12.3. The Hall–Kier alpha value is -2.87. The van der Waals surface area contributed by atoms with Crippen LogP contribution < -0.4 is 14.9 Å². The van der Waals surface area contributed by atoms with Gasteiger partial charge in [0.05, 0.1) is 11.4 Å². The lowest BCUT2D eigenvalue weighted by Gasteiger charge is -2.19. The molecule has 1 heterocycles. The second-order valence-electron chi connectivity index (χ2n) is 6.70. The van der Waals surface area contributed by atoms with Crippen molar-refractivity contribution in [1.82, 2.24) is 0 Å². The molecule has 148 valence electrons. The number of hydrogen-bond acceptors (Lipinski definition) is 4. The van der Waals surface area contributed by atoms with Crippen LogP contribution in [0, 0.1) is 6.92 Å². The van der Waals surface area contributed by atoms with Gasteiger partial charge in [0.25, 0.3) is 0 Å². The average molecular weight is 401 g/mol. The summed E-state index contributed by atoms with van der Waals surface area (Å²) in [6.07, 6.45) is 1.45. The fourth-order valence-electron chi connectivity index (χ4n) is 3.02. The standard InChI is InChI=1S/C20H23N3O4S/c1-3-15-6-8-16(9-7-15)21-19(24)20(25)22-18-13-17(10-5-14(18)2)23-11-4-12-28(23,26)27/h5-10,13H,3-4,11-12H2,1-2H3,(H,21,24)(H,22,25). The van der Waals surface area contributed by atoms with E-state index in [0.29, 0.717) is 30.0 Å². The molecule has 0 bridgehead atoms. The molecule has 0 aliphatic carbocycles. The molecule has 2 aromatic carbocycles. The van der Waals surface area contributed by atoms with Crippen molar-refractivity contribution in [2.24, 2.45) is 0 Å². The predicted molar refractivity (Wildman–Crippen MR) is 110 cm³/mol. The van der Waals surface area contributed by atoms with Gasteiger partial charge in [0.1, 0.15) is 0 Å². The molecule has 0 atom stereocenters. The molecule has 0 aromatic heterocycles. The van der Waals surface area contributed by atoms with Crippen molar-refractivity contribution in [2.45, 2.75) is 26.7 Å². The van der Waals surface area contributed by atoms with E-state index in [1.165, 1.54) is 4.31 Å². The summed E-state index contributed by atoms with van der Waals surface area (Å²) in [6.45, 7) is 4.22. The number of aryl methyl sites for hydroxylation is 2.